The van der Waals surface area contributed by atoms with Crippen LogP contribution in [0.1, 0.15) is 19.8 Å². The molecule has 1 aromatic rings. The zero-order valence-electron chi connectivity index (χ0n) is 11.7. The van der Waals surface area contributed by atoms with Crippen molar-refractivity contribution in [2.24, 2.45) is 5.92 Å². The smallest absolute Gasteiger partial charge is 0.308 e. The Kier molecular flexibility index (Phi) is 5.05. The van der Waals surface area contributed by atoms with Gasteiger partial charge in [-0.3, -0.25) is 4.79 Å². The summed E-state index contributed by atoms with van der Waals surface area (Å²) in [4.78, 5) is 21.9. The predicted molar refractivity (Wildman–Crippen MR) is 77.6 cm³/mol. The second-order valence-corrected chi connectivity index (χ2v) is 5.38. The first-order chi connectivity index (χ1) is 9.63. The maximum atomic E-state index is 11.1. The number of piperidine rings is 1. The molecule has 2 heterocycles. The van der Waals surface area contributed by atoms with Gasteiger partial charge in [0.2, 0.25) is 5.88 Å². The van der Waals surface area contributed by atoms with Crippen molar-refractivity contribution in [3.63, 3.8) is 0 Å². The fourth-order valence-corrected chi connectivity index (χ4v) is 2.62. The van der Waals surface area contributed by atoms with Crippen LogP contribution in [0.3, 0.4) is 0 Å². The van der Waals surface area contributed by atoms with E-state index in [9.17, 15) is 4.79 Å². The zero-order chi connectivity index (χ0) is 14.5. The number of anilines is 1. The first kappa shape index (κ1) is 14.9. The number of rotatable bonds is 5. The van der Waals surface area contributed by atoms with Crippen LogP contribution >= 0.6 is 11.8 Å². The first-order valence-corrected chi connectivity index (χ1v) is 7.90. The van der Waals surface area contributed by atoms with E-state index in [2.05, 4.69) is 9.97 Å². The molecule has 0 radical (unpaired) electrons. The number of aliphatic carboxylic acids is 1. The third kappa shape index (κ3) is 3.53. The molecule has 0 aliphatic carbocycles. The van der Waals surface area contributed by atoms with Crippen molar-refractivity contribution in [2.75, 3.05) is 30.9 Å². The van der Waals surface area contributed by atoms with Gasteiger partial charge in [0.05, 0.1) is 12.5 Å². The summed E-state index contributed by atoms with van der Waals surface area (Å²) < 4.78 is 5.45. The fraction of sp³-hybridized carbons (Fsp3) is 0.615. The standard InChI is InChI=1S/C13H19N3O3S/c1-3-19-11-7-10(14-13(15-11)20-2)16-6-4-5-9(8-16)12(17)18/h7,9H,3-6,8H2,1-2H3,(H,17,18). The van der Waals surface area contributed by atoms with Gasteiger partial charge >= 0.3 is 5.97 Å². The van der Waals surface area contributed by atoms with E-state index in [1.807, 2.05) is 18.1 Å². The molecule has 1 N–H and O–H groups in total. The van der Waals surface area contributed by atoms with Gasteiger partial charge in [-0.15, -0.1) is 0 Å². The van der Waals surface area contributed by atoms with Crippen LogP contribution < -0.4 is 9.64 Å². The summed E-state index contributed by atoms with van der Waals surface area (Å²) in [6.45, 7) is 3.76. The summed E-state index contributed by atoms with van der Waals surface area (Å²) in [6, 6.07) is 1.79. The summed E-state index contributed by atoms with van der Waals surface area (Å²) in [6.07, 6.45) is 3.50. The number of carboxylic acids is 1. The van der Waals surface area contributed by atoms with Gasteiger partial charge in [-0.05, 0) is 26.0 Å². The Morgan fingerprint density at radius 1 is 1.60 bits per heavy atom. The third-order valence-corrected chi connectivity index (χ3v) is 3.79. The lowest BCUT2D eigenvalue weighted by Crippen LogP contribution is -2.39. The molecular formula is C13H19N3O3S. The van der Waals surface area contributed by atoms with Gasteiger partial charge in [-0.2, -0.15) is 4.98 Å². The number of aromatic nitrogens is 2. The minimum absolute atomic E-state index is 0.327. The minimum atomic E-state index is -0.737. The molecule has 110 valence electrons. The summed E-state index contributed by atoms with van der Waals surface area (Å²) >= 11 is 1.45. The molecule has 1 aromatic heterocycles. The Labute approximate surface area is 122 Å². The Hall–Kier alpha value is -1.50. The second kappa shape index (κ2) is 6.78. The van der Waals surface area contributed by atoms with Gasteiger partial charge in [-0.1, -0.05) is 11.8 Å². The predicted octanol–water partition coefficient (Wildman–Crippen LogP) is 1.90. The van der Waals surface area contributed by atoms with E-state index in [0.717, 1.165) is 25.2 Å². The maximum Gasteiger partial charge on any atom is 0.308 e. The van der Waals surface area contributed by atoms with E-state index >= 15 is 0 Å². The van der Waals surface area contributed by atoms with Crippen LogP contribution in [0.4, 0.5) is 5.82 Å². The van der Waals surface area contributed by atoms with Gasteiger partial charge in [0.15, 0.2) is 5.16 Å². The topological polar surface area (TPSA) is 75.5 Å². The van der Waals surface area contributed by atoms with Crippen molar-refractivity contribution in [3.8, 4) is 5.88 Å². The maximum absolute atomic E-state index is 11.1. The Morgan fingerprint density at radius 2 is 2.40 bits per heavy atom. The fourth-order valence-electron chi connectivity index (χ4n) is 2.25. The van der Waals surface area contributed by atoms with Crippen molar-refractivity contribution < 1.29 is 14.6 Å². The number of hydrogen-bond acceptors (Lipinski definition) is 6. The van der Waals surface area contributed by atoms with Gasteiger partial charge < -0.3 is 14.7 Å². The monoisotopic (exact) mass is 297 g/mol. The molecule has 7 heteroatoms. The molecule has 1 unspecified atom stereocenters. The van der Waals surface area contributed by atoms with Crippen LogP contribution in [0.5, 0.6) is 5.88 Å². The van der Waals surface area contributed by atoms with E-state index < -0.39 is 5.97 Å². The van der Waals surface area contributed by atoms with E-state index in [-0.39, 0.29) is 5.92 Å². The largest absolute Gasteiger partial charge is 0.481 e. The summed E-state index contributed by atoms with van der Waals surface area (Å²) in [5.74, 6) is 0.226. The Morgan fingerprint density at radius 3 is 3.05 bits per heavy atom. The molecule has 1 fully saturated rings. The lowest BCUT2D eigenvalue weighted by atomic mass is 9.98. The molecule has 1 saturated heterocycles. The Balaban J connectivity index is 2.21. The quantitative estimate of drug-likeness (QED) is 0.657. The van der Waals surface area contributed by atoms with Crippen LogP contribution in [0.15, 0.2) is 11.2 Å². The highest BCUT2D eigenvalue weighted by Crippen LogP contribution is 2.26. The molecule has 0 aromatic carbocycles. The van der Waals surface area contributed by atoms with Crippen molar-refractivity contribution >= 4 is 23.5 Å². The van der Waals surface area contributed by atoms with Gasteiger partial charge in [-0.25, -0.2) is 4.98 Å². The van der Waals surface area contributed by atoms with Crippen LogP contribution in [0, 0.1) is 5.92 Å². The lowest BCUT2D eigenvalue weighted by molar-refractivity contribution is -0.141. The highest BCUT2D eigenvalue weighted by Gasteiger charge is 2.26. The normalized spacial score (nSPS) is 18.9. The van der Waals surface area contributed by atoms with Crippen molar-refractivity contribution in [2.45, 2.75) is 24.9 Å². The first-order valence-electron chi connectivity index (χ1n) is 6.67. The number of thioether (sulfide) groups is 1. The molecule has 1 aliphatic rings. The average Bonchev–Trinajstić information content (AvgIpc) is 2.47. The van der Waals surface area contributed by atoms with E-state index in [4.69, 9.17) is 9.84 Å². The molecule has 1 aliphatic heterocycles. The number of carboxylic acid groups (broad SMARTS) is 1. The van der Waals surface area contributed by atoms with Crippen molar-refractivity contribution in [1.82, 2.24) is 9.97 Å². The average molecular weight is 297 g/mol. The zero-order valence-corrected chi connectivity index (χ0v) is 12.5. The molecule has 0 amide bonds. The summed E-state index contributed by atoms with van der Waals surface area (Å²) in [5.41, 5.74) is 0. The van der Waals surface area contributed by atoms with Crippen LogP contribution in [-0.2, 0) is 4.79 Å². The molecule has 0 bridgehead atoms. The second-order valence-electron chi connectivity index (χ2n) is 4.61. The summed E-state index contributed by atoms with van der Waals surface area (Å²) in [7, 11) is 0. The van der Waals surface area contributed by atoms with Crippen molar-refractivity contribution in [3.05, 3.63) is 6.07 Å². The molecule has 6 nitrogen and oxygen atoms in total. The molecule has 2 rings (SSSR count). The number of hydrogen-bond donors (Lipinski definition) is 1. The third-order valence-electron chi connectivity index (χ3n) is 3.24. The number of carbonyl (C=O) groups is 1. The Bertz CT molecular complexity index is 484. The number of nitrogens with zero attached hydrogens (tertiary/aromatic N) is 3. The summed E-state index contributed by atoms with van der Waals surface area (Å²) in [5, 5.41) is 9.80. The van der Waals surface area contributed by atoms with Crippen LogP contribution in [0.25, 0.3) is 0 Å². The molecule has 0 spiro atoms. The van der Waals surface area contributed by atoms with Gasteiger partial charge in [0.25, 0.3) is 0 Å². The van der Waals surface area contributed by atoms with E-state index in [1.54, 1.807) is 6.07 Å². The highest BCUT2D eigenvalue weighted by molar-refractivity contribution is 7.98. The number of ether oxygens (including phenoxy) is 1. The van der Waals surface area contributed by atoms with Crippen LogP contribution in [0.2, 0.25) is 0 Å². The highest BCUT2D eigenvalue weighted by atomic mass is 32.2. The van der Waals surface area contributed by atoms with E-state index in [1.165, 1.54) is 11.8 Å². The molecular weight excluding hydrogens is 278 g/mol. The van der Waals surface area contributed by atoms with E-state index in [0.29, 0.717) is 24.2 Å². The SMILES string of the molecule is CCOc1cc(N2CCCC(C(=O)O)C2)nc(SC)n1. The lowest BCUT2D eigenvalue weighted by Gasteiger charge is -2.31. The minimum Gasteiger partial charge on any atom is -0.481 e. The molecule has 20 heavy (non-hydrogen) atoms. The molecule has 1 atom stereocenters. The van der Waals surface area contributed by atoms with Gasteiger partial charge in [0.1, 0.15) is 5.82 Å². The van der Waals surface area contributed by atoms with Crippen molar-refractivity contribution in [1.29, 1.82) is 0 Å². The van der Waals surface area contributed by atoms with Gasteiger partial charge in [0, 0.05) is 19.2 Å². The molecule has 0 saturated carbocycles. The van der Waals surface area contributed by atoms with Crippen LogP contribution in [-0.4, -0.2) is 47.0 Å².